The highest BCUT2D eigenvalue weighted by Crippen LogP contribution is 2.41. The normalized spacial score (nSPS) is 18.9. The summed E-state index contributed by atoms with van der Waals surface area (Å²) in [5, 5.41) is 0.856. The molecule has 0 aromatic heterocycles. The predicted molar refractivity (Wildman–Crippen MR) is 72.8 cm³/mol. The minimum Gasteiger partial charge on any atom is -0.330 e. The lowest BCUT2D eigenvalue weighted by Gasteiger charge is -2.27. The van der Waals surface area contributed by atoms with Crippen LogP contribution in [0.3, 0.4) is 0 Å². The third-order valence-electron chi connectivity index (χ3n) is 3.68. The highest BCUT2D eigenvalue weighted by atomic mass is 79.9. The molecule has 3 heteroatoms. The van der Waals surface area contributed by atoms with E-state index in [1.54, 1.807) is 0 Å². The maximum atomic E-state index is 6.26. The zero-order valence-electron chi connectivity index (χ0n) is 9.31. The molecule has 0 unspecified atom stereocenters. The molecule has 1 fully saturated rings. The van der Waals surface area contributed by atoms with Crippen LogP contribution in [-0.2, 0) is 6.42 Å². The lowest BCUT2D eigenvalue weighted by atomic mass is 9.80. The van der Waals surface area contributed by atoms with E-state index in [2.05, 4.69) is 28.1 Å². The Bertz CT molecular complexity index is 372. The number of nitrogens with two attached hydrogens (primary N) is 1. The van der Waals surface area contributed by atoms with Gasteiger partial charge in [0.25, 0.3) is 0 Å². The van der Waals surface area contributed by atoms with Crippen molar-refractivity contribution in [1.82, 2.24) is 0 Å². The van der Waals surface area contributed by atoms with Gasteiger partial charge in [-0.05, 0) is 48.9 Å². The second-order valence-corrected chi connectivity index (χ2v) is 6.15. The first-order chi connectivity index (χ1) is 7.65. The van der Waals surface area contributed by atoms with E-state index >= 15 is 0 Å². The van der Waals surface area contributed by atoms with E-state index in [0.717, 1.165) is 22.5 Å². The van der Waals surface area contributed by atoms with Crippen molar-refractivity contribution in [2.24, 2.45) is 11.1 Å². The van der Waals surface area contributed by atoms with Crippen LogP contribution in [-0.4, -0.2) is 6.54 Å². The molecule has 0 bridgehead atoms. The van der Waals surface area contributed by atoms with E-state index in [1.807, 2.05) is 6.07 Å². The van der Waals surface area contributed by atoms with Crippen LogP contribution in [0.2, 0.25) is 5.02 Å². The van der Waals surface area contributed by atoms with Gasteiger partial charge in [-0.25, -0.2) is 0 Å². The summed E-state index contributed by atoms with van der Waals surface area (Å²) in [6.45, 7) is 0.777. The van der Waals surface area contributed by atoms with E-state index in [9.17, 15) is 0 Å². The Labute approximate surface area is 110 Å². The first kappa shape index (κ1) is 12.4. The zero-order chi connectivity index (χ0) is 11.6. The van der Waals surface area contributed by atoms with Crippen LogP contribution in [0.4, 0.5) is 0 Å². The average Bonchev–Trinajstić information content (AvgIpc) is 2.72. The predicted octanol–water partition coefficient (Wildman–Crippen LogP) is 4.16. The Kier molecular flexibility index (Phi) is 3.93. The average molecular weight is 303 g/mol. The van der Waals surface area contributed by atoms with Crippen molar-refractivity contribution in [3.05, 3.63) is 33.3 Å². The van der Waals surface area contributed by atoms with Gasteiger partial charge in [-0.15, -0.1) is 0 Å². The van der Waals surface area contributed by atoms with Crippen molar-refractivity contribution in [2.75, 3.05) is 6.54 Å². The zero-order valence-corrected chi connectivity index (χ0v) is 11.6. The Hall–Kier alpha value is -0.0500. The van der Waals surface area contributed by atoms with Crippen molar-refractivity contribution in [3.63, 3.8) is 0 Å². The third-order valence-corrected chi connectivity index (χ3v) is 4.52. The first-order valence-electron chi connectivity index (χ1n) is 5.79. The first-order valence-corrected chi connectivity index (χ1v) is 6.96. The molecule has 1 aliphatic carbocycles. The number of hydrogen-bond donors (Lipinski definition) is 1. The second-order valence-electron chi connectivity index (χ2n) is 4.82. The highest BCUT2D eigenvalue weighted by Gasteiger charge is 2.32. The smallest absolute Gasteiger partial charge is 0.0449 e. The molecule has 16 heavy (non-hydrogen) atoms. The van der Waals surface area contributed by atoms with Crippen LogP contribution in [0.25, 0.3) is 0 Å². The second kappa shape index (κ2) is 5.07. The monoisotopic (exact) mass is 301 g/mol. The third kappa shape index (κ3) is 2.61. The van der Waals surface area contributed by atoms with Crippen molar-refractivity contribution >= 4 is 27.5 Å². The summed E-state index contributed by atoms with van der Waals surface area (Å²) < 4.78 is 1.04. The summed E-state index contributed by atoms with van der Waals surface area (Å²) in [6, 6.07) is 6.14. The Morgan fingerprint density at radius 3 is 2.56 bits per heavy atom. The number of halogens is 2. The van der Waals surface area contributed by atoms with Gasteiger partial charge in [0.1, 0.15) is 0 Å². The van der Waals surface area contributed by atoms with E-state index < -0.39 is 0 Å². The van der Waals surface area contributed by atoms with Crippen LogP contribution in [0.15, 0.2) is 22.7 Å². The van der Waals surface area contributed by atoms with Crippen LogP contribution < -0.4 is 5.73 Å². The van der Waals surface area contributed by atoms with Gasteiger partial charge in [-0.3, -0.25) is 0 Å². The molecule has 0 saturated heterocycles. The van der Waals surface area contributed by atoms with Crippen molar-refractivity contribution in [2.45, 2.75) is 32.1 Å². The van der Waals surface area contributed by atoms with E-state index in [0.29, 0.717) is 5.41 Å². The van der Waals surface area contributed by atoms with Gasteiger partial charge in [-0.1, -0.05) is 46.4 Å². The molecule has 1 aliphatic rings. The number of benzene rings is 1. The molecule has 0 atom stereocenters. The van der Waals surface area contributed by atoms with Crippen LogP contribution in [0, 0.1) is 5.41 Å². The molecule has 0 heterocycles. The van der Waals surface area contributed by atoms with Gasteiger partial charge in [0.05, 0.1) is 0 Å². The molecule has 2 rings (SSSR count). The molecule has 1 nitrogen and oxygen atoms in total. The molecule has 0 amide bonds. The molecule has 1 saturated carbocycles. The molecule has 0 radical (unpaired) electrons. The summed E-state index contributed by atoms with van der Waals surface area (Å²) in [5.74, 6) is 0. The van der Waals surface area contributed by atoms with Gasteiger partial charge in [0.15, 0.2) is 0 Å². The molecule has 88 valence electrons. The van der Waals surface area contributed by atoms with E-state index in [4.69, 9.17) is 17.3 Å². The molecular weight excluding hydrogens is 286 g/mol. The maximum absolute atomic E-state index is 6.26. The van der Waals surface area contributed by atoms with Gasteiger partial charge in [-0.2, -0.15) is 0 Å². The van der Waals surface area contributed by atoms with Crippen molar-refractivity contribution < 1.29 is 0 Å². The topological polar surface area (TPSA) is 26.0 Å². The van der Waals surface area contributed by atoms with Crippen LogP contribution in [0.5, 0.6) is 0 Å². The molecule has 0 spiro atoms. The summed E-state index contributed by atoms with van der Waals surface area (Å²) in [7, 11) is 0. The fourth-order valence-electron chi connectivity index (χ4n) is 2.65. The van der Waals surface area contributed by atoms with Crippen molar-refractivity contribution in [1.29, 1.82) is 0 Å². The largest absolute Gasteiger partial charge is 0.330 e. The summed E-state index contributed by atoms with van der Waals surface area (Å²) in [4.78, 5) is 0. The molecule has 2 N–H and O–H groups in total. The molecular formula is C13H17BrClN. The van der Waals surface area contributed by atoms with Gasteiger partial charge in [0, 0.05) is 9.50 Å². The summed E-state index contributed by atoms with van der Waals surface area (Å²) in [6.07, 6.45) is 6.14. The lowest BCUT2D eigenvalue weighted by Crippen LogP contribution is -2.29. The summed E-state index contributed by atoms with van der Waals surface area (Å²) in [5.41, 5.74) is 7.48. The molecule has 0 aliphatic heterocycles. The fraction of sp³-hybridized carbons (Fsp3) is 0.538. The van der Waals surface area contributed by atoms with E-state index in [1.165, 1.54) is 31.2 Å². The Morgan fingerprint density at radius 1 is 1.31 bits per heavy atom. The molecule has 1 aromatic rings. The lowest BCUT2D eigenvalue weighted by molar-refractivity contribution is 0.306. The quantitative estimate of drug-likeness (QED) is 0.891. The standard InChI is InChI=1S/C13H17BrClN/c14-11-4-3-10(12(15)7-11)8-13(9-16)5-1-2-6-13/h3-4,7H,1-2,5-6,8-9,16H2. The van der Waals surface area contributed by atoms with Gasteiger partial charge < -0.3 is 5.73 Å². The number of rotatable bonds is 3. The Morgan fingerprint density at radius 2 is 2.00 bits per heavy atom. The highest BCUT2D eigenvalue weighted by molar-refractivity contribution is 9.10. The van der Waals surface area contributed by atoms with Gasteiger partial charge in [0.2, 0.25) is 0 Å². The Balaban J connectivity index is 2.19. The van der Waals surface area contributed by atoms with Crippen molar-refractivity contribution in [3.8, 4) is 0 Å². The van der Waals surface area contributed by atoms with Crippen LogP contribution >= 0.6 is 27.5 Å². The van der Waals surface area contributed by atoms with Gasteiger partial charge >= 0.3 is 0 Å². The number of hydrogen-bond acceptors (Lipinski definition) is 1. The summed E-state index contributed by atoms with van der Waals surface area (Å²) >= 11 is 9.69. The van der Waals surface area contributed by atoms with Crippen LogP contribution in [0.1, 0.15) is 31.2 Å². The fourth-order valence-corrected chi connectivity index (χ4v) is 3.39. The van der Waals surface area contributed by atoms with E-state index in [-0.39, 0.29) is 0 Å². The maximum Gasteiger partial charge on any atom is 0.0449 e. The molecule has 1 aromatic carbocycles. The SMILES string of the molecule is NCC1(Cc2ccc(Br)cc2Cl)CCCC1. The minimum atomic E-state index is 0.303. The minimum absolute atomic E-state index is 0.303.